The first-order valence-corrected chi connectivity index (χ1v) is 3.60. The number of aromatic nitrogens is 4. The molecule has 2 aromatic rings. The summed E-state index contributed by atoms with van der Waals surface area (Å²) >= 11 is 0. The van der Waals surface area contributed by atoms with Crippen LogP contribution in [-0.4, -0.2) is 30.7 Å². The number of aromatic carboxylic acids is 1. The minimum Gasteiger partial charge on any atom is -0.475 e. The zero-order chi connectivity index (χ0) is 9.42. The second-order valence-corrected chi connectivity index (χ2v) is 2.52. The van der Waals surface area contributed by atoms with E-state index < -0.39 is 5.97 Å². The van der Waals surface area contributed by atoms with Crippen LogP contribution in [0.5, 0.6) is 0 Å². The van der Waals surface area contributed by atoms with Gasteiger partial charge < -0.3 is 5.11 Å². The molecule has 66 valence electrons. The lowest BCUT2D eigenvalue weighted by Crippen LogP contribution is -2.09. The Hall–Kier alpha value is -1.98. The van der Waals surface area contributed by atoms with E-state index >= 15 is 0 Å². The van der Waals surface area contributed by atoms with Gasteiger partial charge in [-0.1, -0.05) is 0 Å². The molecule has 0 saturated heterocycles. The Kier molecular flexibility index (Phi) is 1.48. The van der Waals surface area contributed by atoms with Crippen molar-refractivity contribution >= 4 is 11.6 Å². The van der Waals surface area contributed by atoms with Crippen LogP contribution < -0.4 is 0 Å². The van der Waals surface area contributed by atoms with E-state index in [4.69, 9.17) is 5.11 Å². The molecule has 2 heterocycles. The molecule has 0 atom stereocenters. The largest absolute Gasteiger partial charge is 0.475 e. The van der Waals surface area contributed by atoms with Crippen LogP contribution in [0, 0.1) is 6.92 Å². The Morgan fingerprint density at radius 1 is 1.62 bits per heavy atom. The van der Waals surface area contributed by atoms with Crippen molar-refractivity contribution in [3.8, 4) is 0 Å². The van der Waals surface area contributed by atoms with E-state index in [0.717, 1.165) is 0 Å². The van der Waals surface area contributed by atoms with Gasteiger partial charge >= 0.3 is 5.97 Å². The molecule has 0 aromatic carbocycles. The molecule has 0 amide bonds. The first-order chi connectivity index (χ1) is 6.18. The predicted octanol–water partition coefficient (Wildman–Crippen LogP) is 0.131. The van der Waals surface area contributed by atoms with E-state index in [-0.39, 0.29) is 5.82 Å². The zero-order valence-electron chi connectivity index (χ0n) is 6.80. The number of nitrogens with zero attached hydrogens (tertiary/aromatic N) is 4. The molecule has 2 rings (SSSR count). The molecule has 0 spiro atoms. The van der Waals surface area contributed by atoms with Crippen LogP contribution in [0.25, 0.3) is 5.65 Å². The zero-order valence-corrected chi connectivity index (χ0v) is 6.80. The lowest BCUT2D eigenvalue weighted by molar-refractivity contribution is 0.0681. The summed E-state index contributed by atoms with van der Waals surface area (Å²) in [6.45, 7) is 1.69. The molecule has 13 heavy (non-hydrogen) atoms. The van der Waals surface area contributed by atoms with Crippen LogP contribution >= 0.6 is 0 Å². The quantitative estimate of drug-likeness (QED) is 0.671. The van der Waals surface area contributed by atoms with Crippen molar-refractivity contribution in [3.05, 3.63) is 23.9 Å². The van der Waals surface area contributed by atoms with E-state index in [1.165, 1.54) is 4.52 Å². The topological polar surface area (TPSA) is 80.4 Å². The van der Waals surface area contributed by atoms with Crippen LogP contribution in [0.3, 0.4) is 0 Å². The van der Waals surface area contributed by atoms with Gasteiger partial charge in [0.25, 0.3) is 5.82 Å². The molecule has 2 aromatic heterocycles. The monoisotopic (exact) mass is 178 g/mol. The molecule has 0 saturated carbocycles. The van der Waals surface area contributed by atoms with Gasteiger partial charge in [-0.05, 0) is 6.92 Å². The maximum absolute atomic E-state index is 10.6. The van der Waals surface area contributed by atoms with Gasteiger partial charge in [-0.15, -0.1) is 5.10 Å². The molecule has 6 nitrogen and oxygen atoms in total. The van der Waals surface area contributed by atoms with Gasteiger partial charge in [0.15, 0.2) is 5.65 Å². The Balaban J connectivity index is 2.77. The molecular weight excluding hydrogens is 172 g/mol. The second kappa shape index (κ2) is 2.51. The molecule has 1 N–H and O–H groups in total. The van der Waals surface area contributed by atoms with Crippen LogP contribution in [0.1, 0.15) is 16.3 Å². The maximum Gasteiger partial charge on any atom is 0.375 e. The average Bonchev–Trinajstić information content (AvgIpc) is 2.51. The number of carboxylic acids is 1. The van der Waals surface area contributed by atoms with Gasteiger partial charge in [-0.25, -0.2) is 19.3 Å². The van der Waals surface area contributed by atoms with Gasteiger partial charge in [0.05, 0.1) is 5.69 Å². The van der Waals surface area contributed by atoms with Crippen LogP contribution in [0.15, 0.2) is 12.4 Å². The van der Waals surface area contributed by atoms with Crippen LogP contribution in [0.4, 0.5) is 0 Å². The van der Waals surface area contributed by atoms with Gasteiger partial charge in [0.1, 0.15) is 0 Å². The highest BCUT2D eigenvalue weighted by molar-refractivity contribution is 5.83. The number of hydrogen-bond acceptors (Lipinski definition) is 4. The van der Waals surface area contributed by atoms with Gasteiger partial charge in [0.2, 0.25) is 0 Å². The maximum atomic E-state index is 10.6. The molecule has 0 bridgehead atoms. The average molecular weight is 178 g/mol. The van der Waals surface area contributed by atoms with Crippen molar-refractivity contribution in [2.75, 3.05) is 0 Å². The molecule has 0 aliphatic heterocycles. The lowest BCUT2D eigenvalue weighted by Gasteiger charge is -1.97. The van der Waals surface area contributed by atoms with E-state index in [0.29, 0.717) is 11.3 Å². The standard InChI is InChI=1S/C7H6N4O2/c1-4-6-8-2-3-11(6)10-5(9-4)7(12)13/h2-3H,1H3,(H,12,13). The smallest absolute Gasteiger partial charge is 0.375 e. The number of imidazole rings is 1. The molecule has 0 aliphatic carbocycles. The number of aryl methyl sites for hydroxylation is 1. The SMILES string of the molecule is Cc1nc(C(=O)O)nn2ccnc12. The number of hydrogen-bond donors (Lipinski definition) is 1. The van der Waals surface area contributed by atoms with Crippen molar-refractivity contribution in [1.82, 2.24) is 19.6 Å². The summed E-state index contributed by atoms with van der Waals surface area (Å²) < 4.78 is 1.39. The van der Waals surface area contributed by atoms with Crippen molar-refractivity contribution in [1.29, 1.82) is 0 Å². The Morgan fingerprint density at radius 3 is 3.08 bits per heavy atom. The van der Waals surface area contributed by atoms with Gasteiger partial charge in [-0.3, -0.25) is 0 Å². The van der Waals surface area contributed by atoms with E-state index in [2.05, 4.69) is 15.1 Å². The summed E-state index contributed by atoms with van der Waals surface area (Å²) in [5, 5.41) is 12.4. The number of fused-ring (bicyclic) bond motifs is 1. The Bertz CT molecular complexity index is 476. The van der Waals surface area contributed by atoms with Crippen molar-refractivity contribution in [2.45, 2.75) is 6.92 Å². The third-order valence-electron chi connectivity index (χ3n) is 1.61. The minimum atomic E-state index is -1.14. The number of carboxylic acid groups (broad SMARTS) is 1. The van der Waals surface area contributed by atoms with Crippen molar-refractivity contribution in [3.63, 3.8) is 0 Å². The van der Waals surface area contributed by atoms with E-state index in [9.17, 15) is 4.79 Å². The second-order valence-electron chi connectivity index (χ2n) is 2.52. The molecule has 6 heteroatoms. The number of rotatable bonds is 1. The molecule has 0 unspecified atom stereocenters. The minimum absolute atomic E-state index is 0.219. The fourth-order valence-electron chi connectivity index (χ4n) is 1.06. The third kappa shape index (κ3) is 1.12. The predicted molar refractivity (Wildman–Crippen MR) is 42.5 cm³/mol. The fraction of sp³-hybridized carbons (Fsp3) is 0.143. The summed E-state index contributed by atoms with van der Waals surface area (Å²) in [7, 11) is 0. The number of carbonyl (C=O) groups is 1. The first kappa shape index (κ1) is 7.66. The van der Waals surface area contributed by atoms with Crippen molar-refractivity contribution in [2.24, 2.45) is 0 Å². The van der Waals surface area contributed by atoms with Crippen molar-refractivity contribution < 1.29 is 9.90 Å². The molecule has 0 aliphatic rings. The summed E-state index contributed by atoms with van der Waals surface area (Å²) in [6.07, 6.45) is 3.12. The van der Waals surface area contributed by atoms with E-state index in [1.807, 2.05) is 0 Å². The molecule has 0 radical (unpaired) electrons. The first-order valence-electron chi connectivity index (χ1n) is 3.60. The highest BCUT2D eigenvalue weighted by atomic mass is 16.4. The molecule has 0 fully saturated rings. The Labute approximate surface area is 72.9 Å². The third-order valence-corrected chi connectivity index (χ3v) is 1.61. The van der Waals surface area contributed by atoms with E-state index in [1.54, 1.807) is 19.3 Å². The lowest BCUT2D eigenvalue weighted by atomic mass is 10.5. The van der Waals surface area contributed by atoms with Gasteiger partial charge in [0, 0.05) is 12.4 Å². The van der Waals surface area contributed by atoms with Crippen LogP contribution in [-0.2, 0) is 0 Å². The summed E-state index contributed by atoms with van der Waals surface area (Å²) in [5.41, 5.74) is 1.13. The van der Waals surface area contributed by atoms with Crippen LogP contribution in [0.2, 0.25) is 0 Å². The molecular formula is C7H6N4O2. The van der Waals surface area contributed by atoms with Gasteiger partial charge in [-0.2, -0.15) is 0 Å². The Morgan fingerprint density at radius 2 is 2.38 bits per heavy atom. The highest BCUT2D eigenvalue weighted by Gasteiger charge is 2.10. The summed E-state index contributed by atoms with van der Waals surface area (Å²) in [6, 6.07) is 0. The normalized spacial score (nSPS) is 10.5. The fourth-order valence-corrected chi connectivity index (χ4v) is 1.06. The summed E-state index contributed by atoms with van der Waals surface area (Å²) in [4.78, 5) is 18.3. The summed E-state index contributed by atoms with van der Waals surface area (Å²) in [5.74, 6) is -1.36. The highest BCUT2D eigenvalue weighted by Crippen LogP contribution is 2.03.